The molecule has 0 saturated heterocycles. The summed E-state index contributed by atoms with van der Waals surface area (Å²) >= 11 is 0. The molecule has 6 heteroatoms. The van der Waals surface area contributed by atoms with Crippen LogP contribution in [0.15, 0.2) is 12.2 Å². The second kappa shape index (κ2) is 66.7. The number of allylic oxidation sites excluding steroid dienone is 2. The molecule has 0 rings (SSSR count). The number of rotatable bonds is 66. The lowest BCUT2D eigenvalue weighted by atomic mass is 10.0. The Balaban J connectivity index is 4.21. The molecule has 6 nitrogen and oxygen atoms in total. The molecule has 0 bridgehead atoms. The van der Waals surface area contributed by atoms with E-state index in [2.05, 4.69) is 32.9 Å². The zero-order valence-corrected chi connectivity index (χ0v) is 52.5. The predicted octanol–water partition coefficient (Wildman–Crippen LogP) is 24.0. The quantitative estimate of drug-likeness (QED) is 0.0261. The summed E-state index contributed by atoms with van der Waals surface area (Å²) < 4.78 is 17.0. The maximum atomic E-state index is 12.9. The van der Waals surface area contributed by atoms with Crippen molar-refractivity contribution in [2.45, 2.75) is 412 Å². The van der Waals surface area contributed by atoms with Crippen LogP contribution >= 0.6 is 0 Å². The fraction of sp³-hybridized carbons (Fsp3) is 0.930. The maximum Gasteiger partial charge on any atom is 0.306 e. The first kappa shape index (κ1) is 75.2. The molecule has 1 atom stereocenters. The maximum absolute atomic E-state index is 12.9. The van der Waals surface area contributed by atoms with Gasteiger partial charge in [0.15, 0.2) is 6.10 Å². The summed E-state index contributed by atoms with van der Waals surface area (Å²) in [6.45, 7) is 6.73. The van der Waals surface area contributed by atoms with Crippen molar-refractivity contribution in [3.63, 3.8) is 0 Å². The number of unbranched alkanes of at least 4 members (excludes halogenated alkanes) is 53. The summed E-state index contributed by atoms with van der Waals surface area (Å²) in [6.07, 6.45) is 79.5. The standard InChI is InChI=1S/C71H136O6/c1-4-7-10-13-16-19-22-25-27-29-31-33-34-35-36-38-39-41-43-46-49-52-55-58-61-64-70(73)76-67-68(66-75-69(72)63-60-57-54-51-48-45-24-21-18-15-12-9-6-3)77-71(74)65-62-59-56-53-50-47-44-42-40-37-32-30-28-26-23-20-17-14-11-8-5-2/h29,31,68H,4-28,30,32-67H2,1-3H3/b31-29-. The Morgan fingerprint density at radius 2 is 0.429 bits per heavy atom. The smallest absolute Gasteiger partial charge is 0.306 e. The van der Waals surface area contributed by atoms with Crippen LogP contribution in [0.25, 0.3) is 0 Å². The normalized spacial score (nSPS) is 12.0. The monoisotopic (exact) mass is 1090 g/mol. The topological polar surface area (TPSA) is 78.9 Å². The third-order valence-electron chi connectivity index (χ3n) is 16.3. The lowest BCUT2D eigenvalue weighted by Gasteiger charge is -2.18. The van der Waals surface area contributed by atoms with E-state index in [4.69, 9.17) is 14.2 Å². The highest BCUT2D eigenvalue weighted by Gasteiger charge is 2.19. The summed E-state index contributed by atoms with van der Waals surface area (Å²) in [5.74, 6) is -0.827. The summed E-state index contributed by atoms with van der Waals surface area (Å²) in [7, 11) is 0. The highest BCUT2D eigenvalue weighted by atomic mass is 16.6. The molecule has 0 saturated carbocycles. The molecule has 0 aromatic heterocycles. The van der Waals surface area contributed by atoms with Gasteiger partial charge in [-0.3, -0.25) is 14.4 Å². The number of carbonyl (C=O) groups excluding carboxylic acids is 3. The van der Waals surface area contributed by atoms with Gasteiger partial charge in [-0.15, -0.1) is 0 Å². The van der Waals surface area contributed by atoms with Crippen LogP contribution in [0, 0.1) is 0 Å². The lowest BCUT2D eigenvalue weighted by molar-refractivity contribution is -0.167. The van der Waals surface area contributed by atoms with Crippen LogP contribution in [0.5, 0.6) is 0 Å². The van der Waals surface area contributed by atoms with Crippen molar-refractivity contribution in [3.05, 3.63) is 12.2 Å². The van der Waals surface area contributed by atoms with Crippen LogP contribution in [-0.4, -0.2) is 37.2 Å². The van der Waals surface area contributed by atoms with Gasteiger partial charge in [-0.25, -0.2) is 0 Å². The average Bonchev–Trinajstić information content (AvgIpc) is 3.43. The van der Waals surface area contributed by atoms with Crippen molar-refractivity contribution in [2.24, 2.45) is 0 Å². The molecule has 0 aliphatic carbocycles. The van der Waals surface area contributed by atoms with Gasteiger partial charge in [0.1, 0.15) is 13.2 Å². The molecule has 456 valence electrons. The molecule has 0 heterocycles. The van der Waals surface area contributed by atoms with Gasteiger partial charge in [0.25, 0.3) is 0 Å². The Hall–Kier alpha value is -1.85. The van der Waals surface area contributed by atoms with Crippen molar-refractivity contribution < 1.29 is 28.6 Å². The summed E-state index contributed by atoms with van der Waals surface area (Å²) in [5, 5.41) is 0. The Kier molecular flexibility index (Phi) is 65.1. The zero-order valence-electron chi connectivity index (χ0n) is 52.5. The highest BCUT2D eigenvalue weighted by Crippen LogP contribution is 2.19. The van der Waals surface area contributed by atoms with E-state index >= 15 is 0 Å². The van der Waals surface area contributed by atoms with Crippen LogP contribution in [0.1, 0.15) is 406 Å². The molecule has 0 radical (unpaired) electrons. The van der Waals surface area contributed by atoms with Gasteiger partial charge in [0, 0.05) is 19.3 Å². The molecular formula is C71H136O6. The van der Waals surface area contributed by atoms with E-state index in [9.17, 15) is 14.4 Å². The summed E-state index contributed by atoms with van der Waals surface area (Å²) in [5.41, 5.74) is 0. The van der Waals surface area contributed by atoms with Crippen molar-refractivity contribution >= 4 is 17.9 Å². The van der Waals surface area contributed by atoms with Gasteiger partial charge < -0.3 is 14.2 Å². The second-order valence-corrected chi connectivity index (χ2v) is 24.2. The molecular weight excluding hydrogens is 949 g/mol. The molecule has 1 unspecified atom stereocenters. The fourth-order valence-electron chi connectivity index (χ4n) is 11.0. The number of ether oxygens (including phenoxy) is 3. The SMILES string of the molecule is CCCCCCCCCC/C=C\CCCCCCCCCCCCCCCC(=O)OCC(COC(=O)CCCCCCCCCCCCCCC)OC(=O)CCCCCCCCCCCCCCCCCCCCCCC. The third-order valence-corrected chi connectivity index (χ3v) is 16.3. The molecule has 0 aliphatic heterocycles. The van der Waals surface area contributed by atoms with E-state index < -0.39 is 6.10 Å². The first-order valence-corrected chi connectivity index (χ1v) is 35.2. The van der Waals surface area contributed by atoms with Gasteiger partial charge >= 0.3 is 17.9 Å². The van der Waals surface area contributed by atoms with E-state index in [0.29, 0.717) is 19.3 Å². The van der Waals surface area contributed by atoms with Crippen LogP contribution in [0.2, 0.25) is 0 Å². The second-order valence-electron chi connectivity index (χ2n) is 24.2. The largest absolute Gasteiger partial charge is 0.462 e. The molecule has 0 amide bonds. The number of hydrogen-bond acceptors (Lipinski definition) is 6. The number of carbonyl (C=O) groups is 3. The van der Waals surface area contributed by atoms with Crippen molar-refractivity contribution in [1.82, 2.24) is 0 Å². The van der Waals surface area contributed by atoms with Gasteiger partial charge in [0.2, 0.25) is 0 Å². The van der Waals surface area contributed by atoms with E-state index in [1.54, 1.807) is 0 Å². The minimum absolute atomic E-state index is 0.0626. The molecule has 0 spiro atoms. The van der Waals surface area contributed by atoms with Crippen LogP contribution in [0.3, 0.4) is 0 Å². The minimum atomic E-state index is -0.765. The van der Waals surface area contributed by atoms with Crippen molar-refractivity contribution in [1.29, 1.82) is 0 Å². The fourth-order valence-corrected chi connectivity index (χ4v) is 11.0. The van der Waals surface area contributed by atoms with E-state index in [1.807, 2.05) is 0 Å². The molecule has 0 aromatic rings. The Bertz CT molecular complexity index is 1200. The van der Waals surface area contributed by atoms with Gasteiger partial charge in [-0.05, 0) is 44.9 Å². The summed E-state index contributed by atoms with van der Waals surface area (Å²) in [4.78, 5) is 38.4. The third kappa shape index (κ3) is 64.9. The minimum Gasteiger partial charge on any atom is -0.462 e. The first-order valence-electron chi connectivity index (χ1n) is 35.2. The van der Waals surface area contributed by atoms with Gasteiger partial charge in [-0.1, -0.05) is 354 Å². The highest BCUT2D eigenvalue weighted by molar-refractivity contribution is 5.71. The predicted molar refractivity (Wildman–Crippen MR) is 335 cm³/mol. The van der Waals surface area contributed by atoms with Crippen LogP contribution in [0.4, 0.5) is 0 Å². The van der Waals surface area contributed by atoms with Gasteiger partial charge in [-0.2, -0.15) is 0 Å². The van der Waals surface area contributed by atoms with Crippen LogP contribution in [-0.2, 0) is 28.6 Å². The van der Waals surface area contributed by atoms with Crippen molar-refractivity contribution in [3.8, 4) is 0 Å². The molecule has 77 heavy (non-hydrogen) atoms. The number of hydrogen-bond donors (Lipinski definition) is 0. The van der Waals surface area contributed by atoms with Crippen molar-refractivity contribution in [2.75, 3.05) is 13.2 Å². The van der Waals surface area contributed by atoms with E-state index in [-0.39, 0.29) is 31.1 Å². The van der Waals surface area contributed by atoms with Gasteiger partial charge in [0.05, 0.1) is 0 Å². The molecule has 0 aromatic carbocycles. The van der Waals surface area contributed by atoms with Crippen LogP contribution < -0.4 is 0 Å². The Labute approximate surface area is 481 Å². The molecule has 0 N–H and O–H groups in total. The Morgan fingerprint density at radius 3 is 0.649 bits per heavy atom. The Morgan fingerprint density at radius 1 is 0.247 bits per heavy atom. The van der Waals surface area contributed by atoms with E-state index in [0.717, 1.165) is 57.8 Å². The molecule has 0 aliphatic rings. The zero-order chi connectivity index (χ0) is 55.7. The average molecular weight is 1090 g/mol. The summed E-state index contributed by atoms with van der Waals surface area (Å²) in [6, 6.07) is 0. The lowest BCUT2D eigenvalue weighted by Crippen LogP contribution is -2.30. The number of esters is 3. The molecule has 0 fully saturated rings. The first-order chi connectivity index (χ1) is 38.0. The van der Waals surface area contributed by atoms with E-state index in [1.165, 1.54) is 308 Å².